The lowest BCUT2D eigenvalue weighted by molar-refractivity contribution is -0.148. The molecule has 0 unspecified atom stereocenters. The second kappa shape index (κ2) is 10.5. The van der Waals surface area contributed by atoms with Crippen LogP contribution in [0, 0.1) is 45.8 Å². The monoisotopic (exact) mass is 532 g/mol. The van der Waals surface area contributed by atoms with E-state index in [1.54, 1.807) is 5.57 Å². The summed E-state index contributed by atoms with van der Waals surface area (Å²) in [5.41, 5.74) is 3.42. The Labute approximate surface area is 237 Å². The van der Waals surface area contributed by atoms with Gasteiger partial charge >= 0.3 is 5.97 Å². The van der Waals surface area contributed by atoms with Gasteiger partial charge in [-0.05, 0) is 104 Å². The maximum atomic E-state index is 14.4. The molecule has 0 saturated heterocycles. The Kier molecular flexibility index (Phi) is 7.70. The summed E-state index contributed by atoms with van der Waals surface area (Å²) in [6.45, 7) is 16.7. The highest BCUT2D eigenvalue weighted by molar-refractivity contribution is 5.92. The van der Waals surface area contributed by atoms with Crippen molar-refractivity contribution in [3.63, 3.8) is 0 Å². The summed E-state index contributed by atoms with van der Waals surface area (Å²) in [4.78, 5) is 27.2. The van der Waals surface area contributed by atoms with Gasteiger partial charge in [0.2, 0.25) is 0 Å². The molecule has 4 aliphatic rings. The number of allylic oxidation sites excluding steroid dienone is 2. The SMILES string of the molecule is CC(C)[C@@H](C)CC[C@@H](C)[C@@H]1CCC2=C3CC[C@H]4C[C@H](OC(=O)c5ccccc5)CC[C@@]4(C)[C@@]3(C)C(=O)C[C@]21C. The van der Waals surface area contributed by atoms with E-state index in [9.17, 15) is 9.59 Å². The van der Waals surface area contributed by atoms with Crippen LogP contribution < -0.4 is 0 Å². The molecule has 3 heteroatoms. The number of fused-ring (bicyclic) bond motifs is 4. The van der Waals surface area contributed by atoms with Crippen LogP contribution in [0.4, 0.5) is 0 Å². The topological polar surface area (TPSA) is 43.4 Å². The normalized spacial score (nSPS) is 37.6. The van der Waals surface area contributed by atoms with Gasteiger partial charge in [-0.2, -0.15) is 0 Å². The highest BCUT2D eigenvalue weighted by atomic mass is 16.5. The lowest BCUT2D eigenvalue weighted by Crippen LogP contribution is -2.58. The van der Waals surface area contributed by atoms with Crippen LogP contribution in [-0.2, 0) is 9.53 Å². The van der Waals surface area contributed by atoms with Crippen molar-refractivity contribution in [1.29, 1.82) is 0 Å². The first-order valence-electron chi connectivity index (χ1n) is 15.9. The molecule has 0 spiro atoms. The highest BCUT2D eigenvalue weighted by Crippen LogP contribution is 2.69. The van der Waals surface area contributed by atoms with Crippen LogP contribution in [0.5, 0.6) is 0 Å². The second-order valence-corrected chi connectivity index (χ2v) is 14.8. The number of carbonyl (C=O) groups excluding carboxylic acids is 2. The third kappa shape index (κ3) is 4.64. The summed E-state index contributed by atoms with van der Waals surface area (Å²) in [5, 5.41) is 0. The Hall–Kier alpha value is -1.90. The number of Topliss-reactive ketones (excluding diaryl/α,β-unsaturated/α-hetero) is 1. The maximum Gasteiger partial charge on any atom is 0.338 e. The predicted octanol–water partition coefficient (Wildman–Crippen LogP) is 9.21. The summed E-state index contributed by atoms with van der Waals surface area (Å²) >= 11 is 0. The van der Waals surface area contributed by atoms with Gasteiger partial charge in [-0.25, -0.2) is 4.79 Å². The fraction of sp³-hybridized carbons (Fsp3) is 0.722. The minimum Gasteiger partial charge on any atom is -0.459 e. The number of rotatable bonds is 7. The molecule has 0 aliphatic heterocycles. The average molecular weight is 533 g/mol. The van der Waals surface area contributed by atoms with Crippen molar-refractivity contribution in [2.75, 3.05) is 0 Å². The molecule has 5 rings (SSSR count). The summed E-state index contributed by atoms with van der Waals surface area (Å²) in [6.07, 6.45) is 10.5. The molecule has 0 aromatic heterocycles. The molecule has 0 bridgehead atoms. The van der Waals surface area contributed by atoms with Gasteiger partial charge < -0.3 is 4.74 Å². The van der Waals surface area contributed by atoms with Crippen LogP contribution in [-0.4, -0.2) is 17.9 Å². The molecule has 3 nitrogen and oxygen atoms in total. The molecule has 214 valence electrons. The van der Waals surface area contributed by atoms with Gasteiger partial charge in [0.1, 0.15) is 11.9 Å². The van der Waals surface area contributed by atoms with E-state index in [0.29, 0.717) is 35.5 Å². The molecule has 3 fully saturated rings. The molecular weight excluding hydrogens is 480 g/mol. The highest BCUT2D eigenvalue weighted by Gasteiger charge is 2.64. The molecule has 1 aromatic carbocycles. The van der Waals surface area contributed by atoms with E-state index in [2.05, 4.69) is 48.5 Å². The molecule has 1 aromatic rings. The first kappa shape index (κ1) is 28.6. The minimum absolute atomic E-state index is 0.0397. The number of carbonyl (C=O) groups is 2. The molecule has 0 N–H and O–H groups in total. The van der Waals surface area contributed by atoms with Crippen LogP contribution in [0.3, 0.4) is 0 Å². The Morgan fingerprint density at radius 2 is 1.64 bits per heavy atom. The fourth-order valence-corrected chi connectivity index (χ4v) is 9.55. The summed E-state index contributed by atoms with van der Waals surface area (Å²) in [5.74, 6) is 3.46. The Morgan fingerprint density at radius 3 is 2.33 bits per heavy atom. The van der Waals surface area contributed by atoms with Crippen LogP contribution in [0.2, 0.25) is 0 Å². The zero-order valence-corrected chi connectivity index (χ0v) is 25.6. The number of hydrogen-bond donors (Lipinski definition) is 0. The Morgan fingerprint density at radius 1 is 0.949 bits per heavy atom. The van der Waals surface area contributed by atoms with E-state index in [1.807, 2.05) is 30.3 Å². The first-order chi connectivity index (χ1) is 18.4. The molecule has 0 amide bonds. The fourth-order valence-electron chi connectivity index (χ4n) is 9.55. The van der Waals surface area contributed by atoms with Crippen molar-refractivity contribution in [1.82, 2.24) is 0 Å². The molecular formula is C36H52O3. The molecule has 0 radical (unpaired) electrons. The number of esters is 1. The van der Waals surface area contributed by atoms with Crippen molar-refractivity contribution in [2.45, 2.75) is 119 Å². The van der Waals surface area contributed by atoms with Crippen LogP contribution in [0.1, 0.15) is 123 Å². The smallest absolute Gasteiger partial charge is 0.338 e. The molecule has 39 heavy (non-hydrogen) atoms. The van der Waals surface area contributed by atoms with E-state index in [4.69, 9.17) is 4.74 Å². The van der Waals surface area contributed by atoms with E-state index in [1.165, 1.54) is 31.3 Å². The quantitative estimate of drug-likeness (QED) is 0.260. The standard InChI is InChI=1S/C36H52O3/c1-23(2)24(3)13-14-25(4)29-17-18-30-31-16-15-27-21-28(39-33(38)26-11-9-8-10-12-26)19-20-35(27,6)36(31,7)32(37)22-34(29,30)5/h8-12,23-25,27-29H,13-22H2,1-7H3/t24-,25+,27-,28+,29-,34-,35+,36+/m0/s1. The zero-order valence-electron chi connectivity index (χ0n) is 25.6. The summed E-state index contributed by atoms with van der Waals surface area (Å²) in [6, 6.07) is 9.34. The first-order valence-corrected chi connectivity index (χ1v) is 15.9. The van der Waals surface area contributed by atoms with Crippen molar-refractivity contribution >= 4 is 11.8 Å². The molecule has 4 aliphatic carbocycles. The Balaban J connectivity index is 1.35. The Bertz CT molecular complexity index is 1120. The second-order valence-electron chi connectivity index (χ2n) is 14.8. The van der Waals surface area contributed by atoms with Crippen molar-refractivity contribution in [3.05, 3.63) is 47.0 Å². The third-order valence-electron chi connectivity index (χ3n) is 12.8. The molecule has 8 atom stereocenters. The van der Waals surface area contributed by atoms with Gasteiger partial charge in [-0.15, -0.1) is 0 Å². The van der Waals surface area contributed by atoms with Gasteiger partial charge in [0.05, 0.1) is 11.0 Å². The third-order valence-corrected chi connectivity index (χ3v) is 12.8. The van der Waals surface area contributed by atoms with E-state index < -0.39 is 0 Å². The average Bonchev–Trinajstić information content (AvgIpc) is 3.25. The van der Waals surface area contributed by atoms with E-state index in [0.717, 1.165) is 43.9 Å². The largest absolute Gasteiger partial charge is 0.459 e. The van der Waals surface area contributed by atoms with Crippen molar-refractivity contribution in [3.8, 4) is 0 Å². The maximum absolute atomic E-state index is 14.4. The van der Waals surface area contributed by atoms with Gasteiger partial charge in [0.15, 0.2) is 0 Å². The lowest BCUT2D eigenvalue weighted by atomic mass is 9.42. The van der Waals surface area contributed by atoms with Crippen LogP contribution >= 0.6 is 0 Å². The lowest BCUT2D eigenvalue weighted by Gasteiger charge is -2.61. The number of benzene rings is 1. The predicted molar refractivity (Wildman–Crippen MR) is 158 cm³/mol. The number of ketones is 1. The van der Waals surface area contributed by atoms with Gasteiger partial charge in [-0.3, -0.25) is 4.79 Å². The summed E-state index contributed by atoms with van der Waals surface area (Å²) < 4.78 is 6.01. The van der Waals surface area contributed by atoms with E-state index >= 15 is 0 Å². The summed E-state index contributed by atoms with van der Waals surface area (Å²) in [7, 11) is 0. The van der Waals surface area contributed by atoms with Crippen molar-refractivity contribution in [2.24, 2.45) is 45.8 Å². The van der Waals surface area contributed by atoms with Gasteiger partial charge in [0, 0.05) is 6.42 Å². The van der Waals surface area contributed by atoms with Gasteiger partial charge in [0.25, 0.3) is 0 Å². The number of ether oxygens (including phenoxy) is 1. The van der Waals surface area contributed by atoms with Crippen LogP contribution in [0.25, 0.3) is 0 Å². The van der Waals surface area contributed by atoms with E-state index in [-0.39, 0.29) is 28.3 Å². The van der Waals surface area contributed by atoms with Gasteiger partial charge in [-0.1, -0.05) is 83.7 Å². The van der Waals surface area contributed by atoms with Crippen LogP contribution in [0.15, 0.2) is 41.5 Å². The number of hydrogen-bond acceptors (Lipinski definition) is 3. The zero-order chi connectivity index (χ0) is 28.2. The molecule has 0 heterocycles. The molecule has 3 saturated carbocycles. The minimum atomic E-state index is -0.372. The van der Waals surface area contributed by atoms with Crippen molar-refractivity contribution < 1.29 is 14.3 Å².